The Bertz CT molecular complexity index is 907. The lowest BCUT2D eigenvalue weighted by molar-refractivity contribution is -0.115. The van der Waals surface area contributed by atoms with Gasteiger partial charge < -0.3 is 5.32 Å². The third-order valence-corrected chi connectivity index (χ3v) is 5.54. The number of ketones is 1. The number of hydrogen-bond donors (Lipinski definition) is 1. The lowest BCUT2D eigenvalue weighted by Crippen LogP contribution is -2.22. The number of anilines is 1. The van der Waals surface area contributed by atoms with E-state index in [0.717, 1.165) is 15.2 Å². The molecule has 0 spiro atoms. The van der Waals surface area contributed by atoms with E-state index in [1.807, 2.05) is 18.4 Å². The molecule has 1 N–H and O–H groups in total. The highest BCUT2D eigenvalue weighted by atomic mass is 32.2. The molecule has 0 aliphatic heterocycles. The van der Waals surface area contributed by atoms with Crippen LogP contribution in [0.3, 0.4) is 0 Å². The fraction of sp³-hybridized carbons (Fsp3) is 0.176. The van der Waals surface area contributed by atoms with Gasteiger partial charge in [0, 0.05) is 11.3 Å². The van der Waals surface area contributed by atoms with Crippen LogP contribution >= 0.6 is 23.1 Å². The highest BCUT2D eigenvalue weighted by molar-refractivity contribution is 8.00. The van der Waals surface area contributed by atoms with Crippen LogP contribution in [-0.4, -0.2) is 26.9 Å². The number of hydrogen-bond acceptors (Lipinski definition) is 6. The number of Topliss-reactive ketones (excluding diaryl/α,β-unsaturated/α-hetero) is 1. The predicted octanol–water partition coefficient (Wildman–Crippen LogP) is 4.01. The second-order valence-electron chi connectivity index (χ2n) is 5.20. The van der Waals surface area contributed by atoms with Gasteiger partial charge in [-0.3, -0.25) is 9.59 Å². The molecule has 7 heteroatoms. The second-order valence-corrected chi connectivity index (χ2v) is 7.45. The second kappa shape index (κ2) is 7.11. The van der Waals surface area contributed by atoms with Gasteiger partial charge in [-0.05, 0) is 37.4 Å². The molecule has 122 valence electrons. The van der Waals surface area contributed by atoms with Crippen molar-refractivity contribution in [2.75, 3.05) is 5.32 Å². The Balaban J connectivity index is 1.72. The van der Waals surface area contributed by atoms with Crippen LogP contribution in [0.25, 0.3) is 10.2 Å². The van der Waals surface area contributed by atoms with Gasteiger partial charge >= 0.3 is 0 Å². The van der Waals surface area contributed by atoms with E-state index in [2.05, 4.69) is 15.3 Å². The minimum absolute atomic E-state index is 0.0328. The van der Waals surface area contributed by atoms with Crippen molar-refractivity contribution < 1.29 is 9.59 Å². The Kier molecular flexibility index (Phi) is 4.92. The molecule has 0 saturated carbocycles. The number of amides is 1. The maximum Gasteiger partial charge on any atom is 0.237 e. The fourth-order valence-corrected chi connectivity index (χ4v) is 3.97. The Labute approximate surface area is 147 Å². The standard InChI is InChI=1S/C17H15N3O2S2/c1-10(21)12-4-3-5-13(8-12)20-16(22)11(2)24-17-15-14(6-7-23-15)18-9-19-17/h3-9,11H,1-2H3,(H,20,22)/t11-/m1/s1. The molecule has 0 bridgehead atoms. The molecule has 2 aromatic heterocycles. The molecule has 1 atom stereocenters. The number of aromatic nitrogens is 2. The van der Waals surface area contributed by atoms with E-state index in [4.69, 9.17) is 0 Å². The van der Waals surface area contributed by atoms with E-state index in [0.29, 0.717) is 11.3 Å². The molecular weight excluding hydrogens is 342 g/mol. The normalized spacial score (nSPS) is 12.1. The molecule has 0 aliphatic carbocycles. The number of benzene rings is 1. The van der Waals surface area contributed by atoms with Gasteiger partial charge in [-0.1, -0.05) is 23.9 Å². The predicted molar refractivity (Wildman–Crippen MR) is 97.8 cm³/mol. The van der Waals surface area contributed by atoms with Crippen molar-refractivity contribution in [2.24, 2.45) is 0 Å². The van der Waals surface area contributed by atoms with Gasteiger partial charge in [0.15, 0.2) is 5.78 Å². The van der Waals surface area contributed by atoms with Gasteiger partial charge in [0.1, 0.15) is 11.4 Å². The average molecular weight is 357 g/mol. The summed E-state index contributed by atoms with van der Waals surface area (Å²) in [5.74, 6) is -0.168. The molecule has 24 heavy (non-hydrogen) atoms. The highest BCUT2D eigenvalue weighted by Crippen LogP contribution is 2.31. The third-order valence-electron chi connectivity index (χ3n) is 3.40. The number of nitrogens with zero attached hydrogens (tertiary/aromatic N) is 2. The summed E-state index contributed by atoms with van der Waals surface area (Å²) < 4.78 is 0.987. The van der Waals surface area contributed by atoms with E-state index in [9.17, 15) is 9.59 Å². The molecule has 0 fully saturated rings. The van der Waals surface area contributed by atoms with Crippen LogP contribution in [-0.2, 0) is 4.79 Å². The van der Waals surface area contributed by atoms with Gasteiger partial charge in [-0.15, -0.1) is 11.3 Å². The monoisotopic (exact) mass is 357 g/mol. The van der Waals surface area contributed by atoms with Crippen LogP contribution in [0, 0.1) is 0 Å². The van der Waals surface area contributed by atoms with E-state index in [1.54, 1.807) is 35.6 Å². The maximum atomic E-state index is 12.4. The summed E-state index contributed by atoms with van der Waals surface area (Å²) in [6.45, 7) is 3.33. The first-order valence-corrected chi connectivity index (χ1v) is 9.07. The Hall–Kier alpha value is -2.25. The number of carbonyl (C=O) groups is 2. The van der Waals surface area contributed by atoms with Gasteiger partial charge in [0.2, 0.25) is 5.91 Å². The van der Waals surface area contributed by atoms with Crippen molar-refractivity contribution in [3.63, 3.8) is 0 Å². The van der Waals surface area contributed by atoms with E-state index < -0.39 is 0 Å². The summed E-state index contributed by atoms with van der Waals surface area (Å²) in [7, 11) is 0. The molecule has 5 nitrogen and oxygen atoms in total. The summed E-state index contributed by atoms with van der Waals surface area (Å²) in [5, 5.41) is 5.28. The molecule has 0 radical (unpaired) electrons. The zero-order valence-corrected chi connectivity index (χ0v) is 14.8. The van der Waals surface area contributed by atoms with E-state index >= 15 is 0 Å². The minimum Gasteiger partial charge on any atom is -0.325 e. The highest BCUT2D eigenvalue weighted by Gasteiger charge is 2.18. The number of fused-ring (bicyclic) bond motifs is 1. The van der Waals surface area contributed by atoms with Gasteiger partial charge in [0.25, 0.3) is 0 Å². The average Bonchev–Trinajstić information content (AvgIpc) is 3.04. The first-order valence-electron chi connectivity index (χ1n) is 7.31. The molecule has 0 unspecified atom stereocenters. The number of rotatable bonds is 5. The zero-order valence-electron chi connectivity index (χ0n) is 13.1. The lowest BCUT2D eigenvalue weighted by Gasteiger charge is -2.12. The minimum atomic E-state index is -0.328. The van der Waals surface area contributed by atoms with Crippen molar-refractivity contribution in [1.29, 1.82) is 0 Å². The number of thiophene rings is 1. The smallest absolute Gasteiger partial charge is 0.237 e. The molecule has 0 aliphatic rings. The van der Waals surface area contributed by atoms with Crippen LogP contribution in [0.5, 0.6) is 0 Å². The molecule has 1 amide bonds. The maximum absolute atomic E-state index is 12.4. The van der Waals surface area contributed by atoms with Crippen molar-refractivity contribution in [3.05, 3.63) is 47.6 Å². The van der Waals surface area contributed by atoms with Gasteiger partial charge in [-0.25, -0.2) is 9.97 Å². The number of thioether (sulfide) groups is 1. The van der Waals surface area contributed by atoms with Crippen molar-refractivity contribution in [1.82, 2.24) is 9.97 Å². The Morgan fingerprint density at radius 3 is 2.88 bits per heavy atom. The van der Waals surface area contributed by atoms with Gasteiger partial charge in [-0.2, -0.15) is 0 Å². The van der Waals surface area contributed by atoms with Crippen LogP contribution in [0.15, 0.2) is 47.1 Å². The number of nitrogens with one attached hydrogen (secondary N) is 1. The molecule has 3 rings (SSSR count). The van der Waals surface area contributed by atoms with Gasteiger partial charge in [0.05, 0.1) is 15.5 Å². The molecular formula is C17H15N3O2S2. The summed E-state index contributed by atoms with van der Waals surface area (Å²) in [5.41, 5.74) is 2.08. The van der Waals surface area contributed by atoms with E-state index in [-0.39, 0.29) is 16.9 Å². The van der Waals surface area contributed by atoms with Crippen molar-refractivity contribution in [2.45, 2.75) is 24.1 Å². The zero-order chi connectivity index (χ0) is 17.1. The van der Waals surface area contributed by atoms with Crippen molar-refractivity contribution >= 4 is 50.7 Å². The van der Waals surface area contributed by atoms with Crippen LogP contribution in [0.2, 0.25) is 0 Å². The Morgan fingerprint density at radius 1 is 1.25 bits per heavy atom. The SMILES string of the molecule is CC(=O)c1cccc(NC(=O)[C@@H](C)Sc2ncnc3ccsc23)c1. The summed E-state index contributed by atoms with van der Waals surface area (Å²) in [6, 6.07) is 8.86. The number of carbonyl (C=O) groups excluding carboxylic acids is 2. The lowest BCUT2D eigenvalue weighted by atomic mass is 10.1. The molecule has 1 aromatic carbocycles. The van der Waals surface area contributed by atoms with Crippen LogP contribution in [0.4, 0.5) is 5.69 Å². The van der Waals surface area contributed by atoms with Crippen LogP contribution in [0.1, 0.15) is 24.2 Å². The molecule has 2 heterocycles. The van der Waals surface area contributed by atoms with Crippen molar-refractivity contribution in [3.8, 4) is 0 Å². The summed E-state index contributed by atoms with van der Waals surface area (Å²) in [6.07, 6.45) is 1.51. The largest absolute Gasteiger partial charge is 0.325 e. The summed E-state index contributed by atoms with van der Waals surface area (Å²) >= 11 is 2.96. The Morgan fingerprint density at radius 2 is 2.08 bits per heavy atom. The first kappa shape index (κ1) is 16.6. The first-order chi connectivity index (χ1) is 11.5. The molecule has 3 aromatic rings. The quantitative estimate of drug-likeness (QED) is 0.424. The fourth-order valence-electron chi connectivity index (χ4n) is 2.13. The topological polar surface area (TPSA) is 72.0 Å². The summed E-state index contributed by atoms with van der Waals surface area (Å²) in [4.78, 5) is 32.3. The van der Waals surface area contributed by atoms with E-state index in [1.165, 1.54) is 25.0 Å². The third kappa shape index (κ3) is 3.63. The molecule has 0 saturated heterocycles. The van der Waals surface area contributed by atoms with Crippen LogP contribution < -0.4 is 5.32 Å².